The average molecular weight is 373 g/mol. The molecule has 1 aromatic heterocycles. The van der Waals surface area contributed by atoms with Crippen LogP contribution >= 0.6 is 11.3 Å². The minimum Gasteiger partial charge on any atom is -0.490 e. The molecule has 2 aliphatic rings. The van der Waals surface area contributed by atoms with Crippen molar-refractivity contribution >= 4 is 17.2 Å². The number of carbonyl (C=O) groups is 1. The van der Waals surface area contributed by atoms with Crippen molar-refractivity contribution in [3.63, 3.8) is 0 Å². The van der Waals surface area contributed by atoms with Crippen molar-refractivity contribution in [2.24, 2.45) is 0 Å². The second-order valence-corrected chi connectivity index (χ2v) is 7.59. The van der Waals surface area contributed by atoms with Crippen LogP contribution in [0.2, 0.25) is 0 Å². The minimum absolute atomic E-state index is 0.149. The Kier molecular flexibility index (Phi) is 5.29. The van der Waals surface area contributed by atoms with Gasteiger partial charge in [-0.1, -0.05) is 0 Å². The van der Waals surface area contributed by atoms with Gasteiger partial charge in [-0.2, -0.15) is 11.3 Å². The van der Waals surface area contributed by atoms with E-state index in [1.807, 2.05) is 18.2 Å². The Balaban J connectivity index is 1.19. The molecule has 1 aliphatic heterocycles. The topological polar surface area (TPSA) is 56.8 Å². The minimum atomic E-state index is 0.149. The van der Waals surface area contributed by atoms with Crippen molar-refractivity contribution in [3.8, 4) is 17.2 Å². The molecule has 2 heterocycles. The zero-order valence-electron chi connectivity index (χ0n) is 14.6. The molecule has 0 saturated heterocycles. The van der Waals surface area contributed by atoms with Gasteiger partial charge >= 0.3 is 0 Å². The molecular formula is C20H23NO4S. The Labute approximate surface area is 157 Å². The third-order valence-corrected chi connectivity index (χ3v) is 5.64. The lowest BCUT2D eigenvalue weighted by molar-refractivity contribution is -0.122. The molecule has 0 unspecified atom stereocenters. The summed E-state index contributed by atoms with van der Waals surface area (Å²) in [5.41, 5.74) is 1.24. The first kappa shape index (κ1) is 17.2. The van der Waals surface area contributed by atoms with E-state index >= 15 is 0 Å². The van der Waals surface area contributed by atoms with Crippen LogP contribution in [-0.4, -0.2) is 24.8 Å². The zero-order chi connectivity index (χ0) is 17.8. The number of thiophene rings is 1. The normalized spacial score (nSPS) is 21.4. The summed E-state index contributed by atoms with van der Waals surface area (Å²) in [4.78, 5) is 12.1. The highest BCUT2D eigenvalue weighted by Crippen LogP contribution is 2.36. The Morgan fingerprint density at radius 2 is 2.00 bits per heavy atom. The number of amides is 1. The van der Waals surface area contributed by atoms with E-state index in [0.29, 0.717) is 6.42 Å². The first-order valence-corrected chi connectivity index (χ1v) is 10.1. The van der Waals surface area contributed by atoms with Crippen LogP contribution < -0.4 is 19.5 Å². The summed E-state index contributed by atoms with van der Waals surface area (Å²) in [6.45, 7) is 0.274. The summed E-state index contributed by atoms with van der Waals surface area (Å²) in [6.07, 6.45) is 5.38. The van der Waals surface area contributed by atoms with Crippen molar-refractivity contribution in [3.05, 3.63) is 40.6 Å². The third kappa shape index (κ3) is 4.30. The Morgan fingerprint density at radius 1 is 1.15 bits per heavy atom. The van der Waals surface area contributed by atoms with Crippen LogP contribution in [0.3, 0.4) is 0 Å². The lowest BCUT2D eigenvalue weighted by Gasteiger charge is -2.29. The molecule has 0 atom stereocenters. The van der Waals surface area contributed by atoms with E-state index < -0.39 is 0 Å². The number of benzene rings is 1. The monoisotopic (exact) mass is 373 g/mol. The number of fused-ring (bicyclic) bond motifs is 1. The van der Waals surface area contributed by atoms with Crippen LogP contribution in [0.1, 0.15) is 37.7 Å². The van der Waals surface area contributed by atoms with Gasteiger partial charge < -0.3 is 19.5 Å². The van der Waals surface area contributed by atoms with Gasteiger partial charge in [0, 0.05) is 18.5 Å². The van der Waals surface area contributed by atoms with E-state index in [1.54, 1.807) is 11.3 Å². The number of nitrogens with one attached hydrogen (secondary N) is 1. The molecule has 4 rings (SSSR count). The number of rotatable bonds is 6. The molecule has 0 spiro atoms. The number of hydrogen-bond acceptors (Lipinski definition) is 5. The summed E-state index contributed by atoms with van der Waals surface area (Å²) in [7, 11) is 0. The van der Waals surface area contributed by atoms with Crippen LogP contribution in [0.5, 0.6) is 17.2 Å². The van der Waals surface area contributed by atoms with Crippen LogP contribution in [0, 0.1) is 0 Å². The highest BCUT2D eigenvalue weighted by molar-refractivity contribution is 7.07. The van der Waals surface area contributed by atoms with E-state index in [-0.39, 0.29) is 24.8 Å². The molecule has 1 N–H and O–H groups in total. The second-order valence-electron chi connectivity index (χ2n) is 6.81. The lowest BCUT2D eigenvalue weighted by atomic mass is 9.92. The SMILES string of the molecule is O=C(CCc1ccsc1)NC1CCC(Oc2ccc3c(c2)OCO3)CC1. The van der Waals surface area contributed by atoms with Gasteiger partial charge in [-0.05, 0) is 66.6 Å². The summed E-state index contributed by atoms with van der Waals surface area (Å²) in [6, 6.07) is 8.04. The van der Waals surface area contributed by atoms with Gasteiger partial charge in [-0.15, -0.1) is 0 Å². The Hall–Kier alpha value is -2.21. The van der Waals surface area contributed by atoms with E-state index in [4.69, 9.17) is 14.2 Å². The highest BCUT2D eigenvalue weighted by atomic mass is 32.1. The number of ether oxygens (including phenoxy) is 3. The molecule has 2 aromatic rings. The third-order valence-electron chi connectivity index (χ3n) is 4.91. The van der Waals surface area contributed by atoms with E-state index in [2.05, 4.69) is 22.1 Å². The van der Waals surface area contributed by atoms with E-state index in [9.17, 15) is 4.79 Å². The molecule has 0 bridgehead atoms. The maximum Gasteiger partial charge on any atom is 0.231 e. The molecule has 1 aliphatic carbocycles. The maximum atomic E-state index is 12.1. The van der Waals surface area contributed by atoms with Gasteiger partial charge in [0.15, 0.2) is 11.5 Å². The predicted molar refractivity (Wildman–Crippen MR) is 100 cm³/mol. The standard InChI is InChI=1S/C20H23NO4S/c22-20(8-1-14-9-10-26-12-14)21-15-2-4-16(5-3-15)25-17-6-7-18-19(11-17)24-13-23-18/h6-7,9-12,15-16H,1-5,8,13H2,(H,21,22). The number of carbonyl (C=O) groups excluding carboxylic acids is 1. The molecule has 1 aromatic carbocycles. The molecule has 0 radical (unpaired) electrons. The lowest BCUT2D eigenvalue weighted by Crippen LogP contribution is -2.39. The highest BCUT2D eigenvalue weighted by Gasteiger charge is 2.24. The van der Waals surface area contributed by atoms with Gasteiger partial charge in [-0.3, -0.25) is 4.79 Å². The molecule has 26 heavy (non-hydrogen) atoms. The number of hydrogen-bond donors (Lipinski definition) is 1. The van der Waals surface area contributed by atoms with Gasteiger partial charge in [0.1, 0.15) is 5.75 Å². The molecule has 138 valence electrons. The van der Waals surface area contributed by atoms with Crippen LogP contribution in [0.4, 0.5) is 0 Å². The molecule has 1 saturated carbocycles. The second kappa shape index (κ2) is 7.99. The first-order chi connectivity index (χ1) is 12.8. The van der Waals surface area contributed by atoms with Crippen LogP contribution in [0.25, 0.3) is 0 Å². The van der Waals surface area contributed by atoms with Gasteiger partial charge in [0.2, 0.25) is 12.7 Å². The fourth-order valence-electron chi connectivity index (χ4n) is 3.46. The zero-order valence-corrected chi connectivity index (χ0v) is 15.4. The molecule has 6 heteroatoms. The van der Waals surface area contributed by atoms with Crippen molar-refractivity contribution in [1.29, 1.82) is 0 Å². The smallest absolute Gasteiger partial charge is 0.231 e. The Bertz CT molecular complexity index is 738. The molecule has 5 nitrogen and oxygen atoms in total. The molecule has 1 fully saturated rings. The Morgan fingerprint density at radius 3 is 2.81 bits per heavy atom. The average Bonchev–Trinajstić information content (AvgIpc) is 3.33. The summed E-state index contributed by atoms with van der Waals surface area (Å²) < 4.78 is 16.8. The van der Waals surface area contributed by atoms with Gasteiger partial charge in [0.05, 0.1) is 6.10 Å². The summed E-state index contributed by atoms with van der Waals surface area (Å²) >= 11 is 1.67. The fraction of sp³-hybridized carbons (Fsp3) is 0.450. The summed E-state index contributed by atoms with van der Waals surface area (Å²) in [5.74, 6) is 2.48. The predicted octanol–water partition coefficient (Wildman–Crippen LogP) is 3.92. The fourth-order valence-corrected chi connectivity index (χ4v) is 4.16. The quantitative estimate of drug-likeness (QED) is 0.834. The maximum absolute atomic E-state index is 12.1. The van der Waals surface area contributed by atoms with Crippen LogP contribution in [-0.2, 0) is 11.2 Å². The van der Waals surface area contributed by atoms with Crippen molar-refractivity contribution < 1.29 is 19.0 Å². The van der Waals surface area contributed by atoms with Crippen molar-refractivity contribution in [2.75, 3.05) is 6.79 Å². The van der Waals surface area contributed by atoms with Crippen LogP contribution in [0.15, 0.2) is 35.0 Å². The van der Waals surface area contributed by atoms with Gasteiger partial charge in [-0.25, -0.2) is 0 Å². The molecular weight excluding hydrogens is 350 g/mol. The van der Waals surface area contributed by atoms with E-state index in [0.717, 1.165) is 49.4 Å². The summed E-state index contributed by atoms with van der Waals surface area (Å²) in [5, 5.41) is 7.33. The van der Waals surface area contributed by atoms with E-state index in [1.165, 1.54) is 5.56 Å². The van der Waals surface area contributed by atoms with Gasteiger partial charge in [0.25, 0.3) is 0 Å². The van der Waals surface area contributed by atoms with Crippen molar-refractivity contribution in [2.45, 2.75) is 50.7 Å². The van der Waals surface area contributed by atoms with Crippen molar-refractivity contribution in [1.82, 2.24) is 5.32 Å². The first-order valence-electron chi connectivity index (χ1n) is 9.13. The molecule has 1 amide bonds. The largest absolute Gasteiger partial charge is 0.490 e. The number of aryl methyl sites for hydroxylation is 1.